The van der Waals surface area contributed by atoms with Gasteiger partial charge >= 0.3 is 0 Å². The molecule has 0 aliphatic heterocycles. The van der Waals surface area contributed by atoms with Gasteiger partial charge < -0.3 is 9.64 Å². The van der Waals surface area contributed by atoms with Crippen LogP contribution < -0.4 is 4.74 Å². The molecule has 0 radical (unpaired) electrons. The molecule has 0 N–H and O–H groups in total. The van der Waals surface area contributed by atoms with Crippen LogP contribution in [0.1, 0.15) is 42.5 Å². The van der Waals surface area contributed by atoms with Crippen LogP contribution in [-0.4, -0.2) is 41.4 Å². The lowest BCUT2D eigenvalue weighted by Gasteiger charge is -2.34. The monoisotopic (exact) mass is 296 g/mol. The number of rotatable bonds is 5. The Bertz CT molecular complexity index is 447. The first-order valence-corrected chi connectivity index (χ1v) is 7.67. The standard InChI is InChI=1S/C15H21ClN2O2/c1-20-14-13(8-5-10-17-14)15(19)18(11-9-16)12-6-3-2-4-7-12/h5,8,10,12H,2-4,6-7,9,11H2,1H3. The largest absolute Gasteiger partial charge is 0.480 e. The van der Waals surface area contributed by atoms with Crippen LogP contribution in [0.25, 0.3) is 0 Å². The topological polar surface area (TPSA) is 42.4 Å². The number of hydrogen-bond donors (Lipinski definition) is 0. The molecule has 1 fully saturated rings. The van der Waals surface area contributed by atoms with Gasteiger partial charge in [-0.15, -0.1) is 11.6 Å². The van der Waals surface area contributed by atoms with Crippen LogP contribution in [0, 0.1) is 0 Å². The van der Waals surface area contributed by atoms with Crippen molar-refractivity contribution in [3.63, 3.8) is 0 Å². The van der Waals surface area contributed by atoms with Crippen LogP contribution in [0.15, 0.2) is 18.3 Å². The van der Waals surface area contributed by atoms with Crippen molar-refractivity contribution in [2.75, 3.05) is 19.5 Å². The Kier molecular flexibility index (Phi) is 5.65. The molecular weight excluding hydrogens is 276 g/mol. The molecule has 0 aromatic carbocycles. The molecule has 1 aromatic rings. The maximum atomic E-state index is 12.8. The number of aromatic nitrogens is 1. The molecule has 0 unspecified atom stereocenters. The second-order valence-electron chi connectivity index (χ2n) is 5.04. The van der Waals surface area contributed by atoms with Crippen LogP contribution >= 0.6 is 11.6 Å². The predicted octanol–water partition coefficient (Wildman–Crippen LogP) is 3.10. The van der Waals surface area contributed by atoms with Gasteiger partial charge in [0.05, 0.1) is 7.11 Å². The first kappa shape index (κ1) is 15.1. The molecule has 1 aliphatic rings. The number of pyridine rings is 1. The van der Waals surface area contributed by atoms with Gasteiger partial charge in [0.2, 0.25) is 5.88 Å². The Balaban J connectivity index is 2.21. The number of ether oxygens (including phenoxy) is 1. The molecule has 20 heavy (non-hydrogen) atoms. The van der Waals surface area contributed by atoms with Gasteiger partial charge in [0.1, 0.15) is 5.56 Å². The summed E-state index contributed by atoms with van der Waals surface area (Å²) in [7, 11) is 1.53. The average molecular weight is 297 g/mol. The van der Waals surface area contributed by atoms with Gasteiger partial charge in [-0.3, -0.25) is 4.79 Å². The van der Waals surface area contributed by atoms with Crippen molar-refractivity contribution >= 4 is 17.5 Å². The fourth-order valence-electron chi connectivity index (χ4n) is 2.80. The quantitative estimate of drug-likeness (QED) is 0.784. The maximum Gasteiger partial charge on any atom is 0.259 e. The van der Waals surface area contributed by atoms with Crippen molar-refractivity contribution < 1.29 is 9.53 Å². The van der Waals surface area contributed by atoms with Crippen molar-refractivity contribution in [2.24, 2.45) is 0 Å². The van der Waals surface area contributed by atoms with E-state index in [1.807, 2.05) is 4.90 Å². The van der Waals surface area contributed by atoms with E-state index in [1.165, 1.54) is 26.4 Å². The highest BCUT2D eigenvalue weighted by Gasteiger charge is 2.27. The van der Waals surface area contributed by atoms with Crippen LogP contribution in [0.4, 0.5) is 0 Å². The summed E-state index contributed by atoms with van der Waals surface area (Å²) in [6.07, 6.45) is 7.37. The molecule has 0 bridgehead atoms. The summed E-state index contributed by atoms with van der Waals surface area (Å²) in [4.78, 5) is 18.8. The number of halogens is 1. The Hall–Kier alpha value is -1.29. The minimum atomic E-state index is -0.0255. The van der Waals surface area contributed by atoms with E-state index in [1.54, 1.807) is 18.3 Å². The third-order valence-corrected chi connectivity index (χ3v) is 3.97. The van der Waals surface area contributed by atoms with E-state index in [0.717, 1.165) is 12.8 Å². The van der Waals surface area contributed by atoms with Crippen molar-refractivity contribution in [2.45, 2.75) is 38.1 Å². The zero-order valence-electron chi connectivity index (χ0n) is 11.8. The summed E-state index contributed by atoms with van der Waals surface area (Å²) in [5.41, 5.74) is 0.519. The molecular formula is C15H21ClN2O2. The molecule has 0 spiro atoms. The summed E-state index contributed by atoms with van der Waals surface area (Å²) in [6.45, 7) is 0.573. The molecule has 1 heterocycles. The predicted molar refractivity (Wildman–Crippen MR) is 79.4 cm³/mol. The van der Waals surface area contributed by atoms with E-state index < -0.39 is 0 Å². The Labute approximate surface area is 125 Å². The van der Waals surface area contributed by atoms with Crippen LogP contribution in [0.2, 0.25) is 0 Å². The third kappa shape index (κ3) is 3.42. The lowest BCUT2D eigenvalue weighted by Crippen LogP contribution is -2.42. The van der Waals surface area contributed by atoms with E-state index >= 15 is 0 Å². The van der Waals surface area contributed by atoms with Gasteiger partial charge in [0.25, 0.3) is 5.91 Å². The molecule has 2 rings (SSSR count). The number of nitrogens with zero attached hydrogens (tertiary/aromatic N) is 2. The third-order valence-electron chi connectivity index (χ3n) is 3.80. The maximum absolute atomic E-state index is 12.8. The van der Waals surface area contributed by atoms with Gasteiger partial charge in [-0.05, 0) is 25.0 Å². The van der Waals surface area contributed by atoms with Gasteiger partial charge in [0, 0.05) is 24.7 Å². The molecule has 1 aromatic heterocycles. The lowest BCUT2D eigenvalue weighted by atomic mass is 9.93. The molecule has 0 saturated heterocycles. The number of carbonyl (C=O) groups excluding carboxylic acids is 1. The summed E-state index contributed by atoms with van der Waals surface area (Å²) in [6, 6.07) is 3.81. The molecule has 4 nitrogen and oxygen atoms in total. The van der Waals surface area contributed by atoms with Crippen molar-refractivity contribution in [1.82, 2.24) is 9.88 Å². The number of amides is 1. The smallest absolute Gasteiger partial charge is 0.259 e. The van der Waals surface area contributed by atoms with E-state index in [0.29, 0.717) is 29.9 Å². The highest BCUT2D eigenvalue weighted by molar-refractivity contribution is 6.18. The van der Waals surface area contributed by atoms with Crippen LogP contribution in [0.3, 0.4) is 0 Å². The van der Waals surface area contributed by atoms with Crippen molar-refractivity contribution in [1.29, 1.82) is 0 Å². The normalized spacial score (nSPS) is 15.9. The second-order valence-corrected chi connectivity index (χ2v) is 5.42. The van der Waals surface area contributed by atoms with Crippen molar-refractivity contribution in [3.05, 3.63) is 23.9 Å². The summed E-state index contributed by atoms with van der Waals surface area (Å²) < 4.78 is 5.19. The molecule has 1 saturated carbocycles. The van der Waals surface area contributed by atoms with E-state index in [2.05, 4.69) is 4.98 Å². The summed E-state index contributed by atoms with van der Waals surface area (Å²) in [5.74, 6) is 0.806. The van der Waals surface area contributed by atoms with E-state index in [-0.39, 0.29) is 5.91 Å². The molecule has 5 heteroatoms. The molecule has 110 valence electrons. The second kappa shape index (κ2) is 7.48. The van der Waals surface area contributed by atoms with Gasteiger partial charge in [-0.2, -0.15) is 0 Å². The Morgan fingerprint density at radius 1 is 1.45 bits per heavy atom. The fraction of sp³-hybridized carbons (Fsp3) is 0.600. The van der Waals surface area contributed by atoms with E-state index in [9.17, 15) is 4.79 Å². The Morgan fingerprint density at radius 2 is 2.20 bits per heavy atom. The number of methoxy groups -OCH3 is 1. The number of hydrogen-bond acceptors (Lipinski definition) is 3. The first-order chi connectivity index (χ1) is 9.77. The van der Waals surface area contributed by atoms with Gasteiger partial charge in [-0.1, -0.05) is 19.3 Å². The summed E-state index contributed by atoms with van der Waals surface area (Å²) in [5, 5.41) is 0. The molecule has 0 atom stereocenters. The van der Waals surface area contributed by atoms with Gasteiger partial charge in [0.15, 0.2) is 0 Å². The van der Waals surface area contributed by atoms with E-state index in [4.69, 9.17) is 16.3 Å². The zero-order valence-corrected chi connectivity index (χ0v) is 12.6. The molecule has 1 amide bonds. The minimum absolute atomic E-state index is 0.0255. The highest BCUT2D eigenvalue weighted by atomic mass is 35.5. The average Bonchev–Trinajstić information content (AvgIpc) is 2.52. The van der Waals surface area contributed by atoms with Crippen LogP contribution in [0.5, 0.6) is 5.88 Å². The zero-order chi connectivity index (χ0) is 14.4. The minimum Gasteiger partial charge on any atom is -0.480 e. The molecule has 1 aliphatic carbocycles. The summed E-state index contributed by atoms with van der Waals surface area (Å²) >= 11 is 5.88. The lowest BCUT2D eigenvalue weighted by molar-refractivity contribution is 0.0645. The van der Waals surface area contributed by atoms with Crippen LogP contribution in [-0.2, 0) is 0 Å². The van der Waals surface area contributed by atoms with Crippen molar-refractivity contribution in [3.8, 4) is 5.88 Å². The fourth-order valence-corrected chi connectivity index (χ4v) is 2.99. The Morgan fingerprint density at radius 3 is 2.85 bits per heavy atom. The number of alkyl halides is 1. The SMILES string of the molecule is COc1ncccc1C(=O)N(CCCl)C1CCCCC1. The number of carbonyl (C=O) groups is 1. The highest BCUT2D eigenvalue weighted by Crippen LogP contribution is 2.25. The van der Waals surface area contributed by atoms with Gasteiger partial charge in [-0.25, -0.2) is 4.98 Å². The first-order valence-electron chi connectivity index (χ1n) is 7.14.